The maximum absolute atomic E-state index is 11.3. The van der Waals surface area contributed by atoms with Crippen LogP contribution in [0, 0.1) is 10.1 Å². The lowest BCUT2D eigenvalue weighted by atomic mass is 10.2. The first-order valence-corrected chi connectivity index (χ1v) is 9.26. The van der Waals surface area contributed by atoms with Crippen LogP contribution in [-0.2, 0) is 0 Å². The molecular weight excluding hydrogens is 344 g/mol. The number of nitrogens with one attached hydrogen (secondary N) is 1. The standard InChI is InChI=1S/C20H26N4O3/c1-3-20(21-16-8-4-5-9-17(16)24(25)26)23-14-12-22(13-15-23)18-10-6-7-11-19(18)27-2/h4-11,20-21H,3,12-15H2,1-2H3. The van der Waals surface area contributed by atoms with Crippen molar-refractivity contribution in [3.05, 3.63) is 58.6 Å². The Balaban J connectivity index is 1.66. The second kappa shape index (κ2) is 8.73. The van der Waals surface area contributed by atoms with Gasteiger partial charge in [0.25, 0.3) is 5.69 Å². The molecule has 2 aromatic carbocycles. The molecule has 0 spiro atoms. The molecule has 0 aromatic heterocycles. The van der Waals surface area contributed by atoms with E-state index in [1.165, 1.54) is 6.07 Å². The van der Waals surface area contributed by atoms with E-state index in [-0.39, 0.29) is 16.8 Å². The third-order valence-electron chi connectivity index (χ3n) is 4.99. The molecule has 1 N–H and O–H groups in total. The van der Waals surface area contributed by atoms with E-state index in [1.54, 1.807) is 19.2 Å². The molecular formula is C20H26N4O3. The molecule has 27 heavy (non-hydrogen) atoms. The fourth-order valence-corrected chi connectivity index (χ4v) is 3.55. The molecule has 1 aliphatic heterocycles. The minimum absolute atomic E-state index is 0.0610. The number of benzene rings is 2. The van der Waals surface area contributed by atoms with Crippen LogP contribution in [0.25, 0.3) is 0 Å². The van der Waals surface area contributed by atoms with Crippen molar-refractivity contribution in [1.82, 2.24) is 4.90 Å². The summed E-state index contributed by atoms with van der Waals surface area (Å²) in [7, 11) is 1.69. The van der Waals surface area contributed by atoms with E-state index in [0.717, 1.165) is 44.0 Å². The topological polar surface area (TPSA) is 70.9 Å². The fraction of sp³-hybridized carbons (Fsp3) is 0.400. The van der Waals surface area contributed by atoms with E-state index in [1.807, 2.05) is 24.3 Å². The molecule has 2 aromatic rings. The van der Waals surface area contributed by atoms with E-state index in [4.69, 9.17) is 4.74 Å². The predicted molar refractivity (Wildman–Crippen MR) is 108 cm³/mol. The number of piperazine rings is 1. The summed E-state index contributed by atoms with van der Waals surface area (Å²) in [4.78, 5) is 15.6. The first-order chi connectivity index (χ1) is 13.1. The molecule has 0 aliphatic carbocycles. The normalized spacial score (nSPS) is 16.0. The van der Waals surface area contributed by atoms with Crippen molar-refractivity contribution in [2.24, 2.45) is 0 Å². The average Bonchev–Trinajstić information content (AvgIpc) is 2.72. The lowest BCUT2D eigenvalue weighted by Gasteiger charge is -2.40. The third kappa shape index (κ3) is 4.31. The first-order valence-electron chi connectivity index (χ1n) is 9.26. The van der Waals surface area contributed by atoms with Crippen molar-refractivity contribution in [2.75, 3.05) is 43.5 Å². The molecule has 1 saturated heterocycles. The van der Waals surface area contributed by atoms with E-state index >= 15 is 0 Å². The molecule has 7 heteroatoms. The summed E-state index contributed by atoms with van der Waals surface area (Å²) >= 11 is 0. The number of ether oxygens (including phenoxy) is 1. The van der Waals surface area contributed by atoms with Crippen LogP contribution in [0.3, 0.4) is 0 Å². The Morgan fingerprint density at radius 2 is 1.78 bits per heavy atom. The highest BCUT2D eigenvalue weighted by atomic mass is 16.6. The SMILES string of the molecule is CCC(Nc1ccccc1[N+](=O)[O-])N1CCN(c2ccccc2OC)CC1. The van der Waals surface area contributed by atoms with Gasteiger partial charge in [-0.05, 0) is 24.6 Å². The van der Waals surface area contributed by atoms with Crippen molar-refractivity contribution in [1.29, 1.82) is 0 Å². The number of nitrogens with zero attached hydrogens (tertiary/aromatic N) is 3. The molecule has 7 nitrogen and oxygen atoms in total. The van der Waals surface area contributed by atoms with Crippen LogP contribution in [0.5, 0.6) is 5.75 Å². The third-order valence-corrected chi connectivity index (χ3v) is 4.99. The second-order valence-electron chi connectivity index (χ2n) is 6.54. The molecule has 144 valence electrons. The van der Waals surface area contributed by atoms with Crippen molar-refractivity contribution >= 4 is 17.1 Å². The molecule has 1 aliphatic rings. The summed E-state index contributed by atoms with van der Waals surface area (Å²) < 4.78 is 5.48. The van der Waals surface area contributed by atoms with Crippen LogP contribution in [0.2, 0.25) is 0 Å². The van der Waals surface area contributed by atoms with Gasteiger partial charge in [-0.1, -0.05) is 31.2 Å². The zero-order valence-electron chi connectivity index (χ0n) is 15.8. The van der Waals surface area contributed by atoms with Crippen LogP contribution in [0.1, 0.15) is 13.3 Å². The fourth-order valence-electron chi connectivity index (χ4n) is 3.55. The summed E-state index contributed by atoms with van der Waals surface area (Å²) in [5.74, 6) is 0.885. The van der Waals surface area contributed by atoms with Crippen molar-refractivity contribution in [2.45, 2.75) is 19.5 Å². The number of nitro groups is 1. The minimum atomic E-state index is -0.339. The van der Waals surface area contributed by atoms with Gasteiger partial charge < -0.3 is 15.0 Å². The Kier molecular flexibility index (Phi) is 6.13. The maximum atomic E-state index is 11.3. The highest BCUT2D eigenvalue weighted by Crippen LogP contribution is 2.29. The molecule has 0 amide bonds. The van der Waals surface area contributed by atoms with Crippen LogP contribution in [0.4, 0.5) is 17.1 Å². The van der Waals surface area contributed by atoms with Gasteiger partial charge in [-0.3, -0.25) is 15.0 Å². The van der Waals surface area contributed by atoms with Gasteiger partial charge in [-0.25, -0.2) is 0 Å². The van der Waals surface area contributed by atoms with Gasteiger partial charge in [-0.15, -0.1) is 0 Å². The molecule has 1 unspecified atom stereocenters. The van der Waals surface area contributed by atoms with Crippen molar-refractivity contribution < 1.29 is 9.66 Å². The van der Waals surface area contributed by atoms with Crippen LogP contribution in [-0.4, -0.2) is 49.3 Å². The Bertz CT molecular complexity index is 775. The molecule has 1 fully saturated rings. The van der Waals surface area contributed by atoms with Crippen LogP contribution < -0.4 is 15.0 Å². The van der Waals surface area contributed by atoms with E-state index in [9.17, 15) is 10.1 Å². The summed E-state index contributed by atoms with van der Waals surface area (Å²) in [6.45, 7) is 5.62. The Morgan fingerprint density at radius 1 is 1.11 bits per heavy atom. The predicted octanol–water partition coefficient (Wildman–Crippen LogP) is 3.57. The smallest absolute Gasteiger partial charge is 0.292 e. The lowest BCUT2D eigenvalue weighted by Crippen LogP contribution is -2.52. The molecule has 0 saturated carbocycles. The van der Waals surface area contributed by atoms with Crippen LogP contribution >= 0.6 is 0 Å². The van der Waals surface area contributed by atoms with Gasteiger partial charge in [0.1, 0.15) is 11.4 Å². The second-order valence-corrected chi connectivity index (χ2v) is 6.54. The van der Waals surface area contributed by atoms with Crippen molar-refractivity contribution in [3.63, 3.8) is 0 Å². The number of hydrogen-bond acceptors (Lipinski definition) is 6. The van der Waals surface area contributed by atoms with E-state index in [2.05, 4.69) is 28.1 Å². The summed E-state index contributed by atoms with van der Waals surface area (Å²) in [5.41, 5.74) is 1.80. The zero-order valence-corrected chi connectivity index (χ0v) is 15.8. The minimum Gasteiger partial charge on any atom is -0.495 e. The maximum Gasteiger partial charge on any atom is 0.292 e. The monoisotopic (exact) mass is 370 g/mol. The van der Waals surface area contributed by atoms with Crippen molar-refractivity contribution in [3.8, 4) is 5.75 Å². The molecule has 0 radical (unpaired) electrons. The number of para-hydroxylation sites is 4. The number of hydrogen-bond donors (Lipinski definition) is 1. The number of nitro benzene ring substituents is 1. The highest BCUT2D eigenvalue weighted by Gasteiger charge is 2.25. The molecule has 0 bridgehead atoms. The first kappa shape index (κ1) is 19.0. The average molecular weight is 370 g/mol. The van der Waals surface area contributed by atoms with Gasteiger partial charge in [0, 0.05) is 32.2 Å². The van der Waals surface area contributed by atoms with Gasteiger partial charge in [-0.2, -0.15) is 0 Å². The van der Waals surface area contributed by atoms with Gasteiger partial charge in [0.2, 0.25) is 0 Å². The van der Waals surface area contributed by atoms with Crippen LogP contribution in [0.15, 0.2) is 48.5 Å². The number of methoxy groups -OCH3 is 1. The van der Waals surface area contributed by atoms with Gasteiger partial charge in [0.15, 0.2) is 0 Å². The summed E-state index contributed by atoms with van der Waals surface area (Å²) in [6.07, 6.45) is 0.923. The Labute approximate surface area is 159 Å². The van der Waals surface area contributed by atoms with E-state index < -0.39 is 0 Å². The van der Waals surface area contributed by atoms with Gasteiger partial charge >= 0.3 is 0 Å². The quantitative estimate of drug-likeness (QED) is 0.593. The van der Waals surface area contributed by atoms with E-state index in [0.29, 0.717) is 5.69 Å². The summed E-state index contributed by atoms with van der Waals surface area (Å²) in [6, 6.07) is 14.9. The number of rotatable bonds is 7. The van der Waals surface area contributed by atoms with Gasteiger partial charge in [0.05, 0.1) is 23.9 Å². The highest BCUT2D eigenvalue weighted by molar-refractivity contribution is 5.61. The molecule has 1 heterocycles. The zero-order chi connectivity index (χ0) is 19.2. The largest absolute Gasteiger partial charge is 0.495 e. The Hall–Kier alpha value is -2.80. The molecule has 1 atom stereocenters. The summed E-state index contributed by atoms with van der Waals surface area (Å²) in [5, 5.41) is 14.6. The Morgan fingerprint density at radius 3 is 2.44 bits per heavy atom. The lowest BCUT2D eigenvalue weighted by molar-refractivity contribution is -0.384. The number of anilines is 2. The molecule has 3 rings (SSSR count).